The second-order valence-corrected chi connectivity index (χ2v) is 6.20. The summed E-state index contributed by atoms with van der Waals surface area (Å²) in [4.78, 5) is 23.0. The Labute approximate surface area is 144 Å². The number of amides is 1. The Morgan fingerprint density at radius 3 is 2.84 bits per heavy atom. The van der Waals surface area contributed by atoms with Gasteiger partial charge >= 0.3 is 0 Å². The van der Waals surface area contributed by atoms with E-state index in [9.17, 15) is 9.18 Å². The molecule has 3 heterocycles. The zero-order chi connectivity index (χ0) is 17.4. The largest absolute Gasteiger partial charge is 0.329 e. The molecule has 0 saturated heterocycles. The number of carbonyl (C=O) groups is 1. The van der Waals surface area contributed by atoms with Gasteiger partial charge in [-0.1, -0.05) is 12.1 Å². The van der Waals surface area contributed by atoms with E-state index in [-0.39, 0.29) is 11.7 Å². The zero-order valence-electron chi connectivity index (χ0n) is 13.8. The van der Waals surface area contributed by atoms with Crippen LogP contribution in [-0.4, -0.2) is 31.9 Å². The lowest BCUT2D eigenvalue weighted by Crippen LogP contribution is -2.38. The molecule has 0 fully saturated rings. The predicted octanol–water partition coefficient (Wildman–Crippen LogP) is 3.05. The summed E-state index contributed by atoms with van der Waals surface area (Å²) in [7, 11) is 0. The summed E-state index contributed by atoms with van der Waals surface area (Å²) < 4.78 is 15.5. The van der Waals surface area contributed by atoms with E-state index in [1.165, 1.54) is 12.1 Å². The maximum Gasteiger partial charge on any atom is 0.255 e. The number of rotatable bonds is 2. The Hall–Kier alpha value is -3.02. The summed E-state index contributed by atoms with van der Waals surface area (Å²) in [5, 5.41) is 0. The molecule has 1 aliphatic rings. The molecular weight excluding hydrogens is 319 g/mol. The van der Waals surface area contributed by atoms with E-state index in [2.05, 4.69) is 9.97 Å². The third-order valence-corrected chi connectivity index (χ3v) is 4.39. The molecule has 0 radical (unpaired) electrons. The summed E-state index contributed by atoms with van der Waals surface area (Å²) in [6.07, 6.45) is 5.06. The van der Waals surface area contributed by atoms with E-state index in [0.717, 1.165) is 22.6 Å². The molecule has 0 bridgehead atoms. The van der Waals surface area contributed by atoms with Crippen molar-refractivity contribution in [3.8, 4) is 11.3 Å². The van der Waals surface area contributed by atoms with Gasteiger partial charge in [-0.05, 0) is 30.7 Å². The topological polar surface area (TPSA) is 51.0 Å². The molecule has 0 atom stereocenters. The zero-order valence-corrected chi connectivity index (χ0v) is 13.8. The van der Waals surface area contributed by atoms with Crippen LogP contribution in [-0.2, 0) is 13.1 Å². The Kier molecular flexibility index (Phi) is 3.80. The predicted molar refractivity (Wildman–Crippen MR) is 91.3 cm³/mol. The van der Waals surface area contributed by atoms with Crippen molar-refractivity contribution < 1.29 is 9.18 Å². The van der Waals surface area contributed by atoms with Crippen LogP contribution in [0.4, 0.5) is 4.39 Å². The normalized spacial score (nSPS) is 13.6. The summed E-state index contributed by atoms with van der Waals surface area (Å²) >= 11 is 0. The molecule has 1 aromatic carbocycles. The number of benzene rings is 1. The summed E-state index contributed by atoms with van der Waals surface area (Å²) in [6, 6.07) is 8.32. The molecule has 2 aromatic heterocycles. The molecule has 5 nitrogen and oxygen atoms in total. The molecule has 0 spiro atoms. The fourth-order valence-corrected chi connectivity index (χ4v) is 3.17. The van der Waals surface area contributed by atoms with Gasteiger partial charge in [-0.2, -0.15) is 0 Å². The van der Waals surface area contributed by atoms with Crippen molar-refractivity contribution in [3.63, 3.8) is 0 Å². The Morgan fingerprint density at radius 1 is 1.16 bits per heavy atom. The van der Waals surface area contributed by atoms with Crippen LogP contribution < -0.4 is 0 Å². The number of aromatic nitrogens is 3. The van der Waals surface area contributed by atoms with Gasteiger partial charge in [0.25, 0.3) is 5.91 Å². The number of nitrogens with zero attached hydrogens (tertiary/aromatic N) is 4. The smallest absolute Gasteiger partial charge is 0.255 e. The van der Waals surface area contributed by atoms with Crippen LogP contribution >= 0.6 is 0 Å². The second kappa shape index (κ2) is 6.12. The lowest BCUT2D eigenvalue weighted by Gasteiger charge is -2.28. The highest BCUT2D eigenvalue weighted by molar-refractivity contribution is 5.94. The first-order chi connectivity index (χ1) is 12.1. The van der Waals surface area contributed by atoms with Gasteiger partial charge in [0, 0.05) is 31.0 Å². The quantitative estimate of drug-likeness (QED) is 0.723. The van der Waals surface area contributed by atoms with E-state index < -0.39 is 0 Å². The average Bonchev–Trinajstić information content (AvgIpc) is 3.04. The van der Waals surface area contributed by atoms with E-state index in [1.54, 1.807) is 29.6 Å². The summed E-state index contributed by atoms with van der Waals surface area (Å²) in [5.41, 5.74) is 3.21. The van der Waals surface area contributed by atoms with Gasteiger partial charge in [-0.3, -0.25) is 9.78 Å². The number of hydrogen-bond acceptors (Lipinski definition) is 3. The second-order valence-electron chi connectivity index (χ2n) is 6.20. The van der Waals surface area contributed by atoms with Crippen molar-refractivity contribution >= 4 is 5.91 Å². The molecule has 126 valence electrons. The van der Waals surface area contributed by atoms with Crippen LogP contribution in [0.25, 0.3) is 11.3 Å². The van der Waals surface area contributed by atoms with Gasteiger partial charge in [-0.15, -0.1) is 0 Å². The minimum Gasteiger partial charge on any atom is -0.329 e. The highest BCUT2D eigenvalue weighted by Crippen LogP contribution is 2.25. The molecule has 0 unspecified atom stereocenters. The Morgan fingerprint density at radius 2 is 2.04 bits per heavy atom. The number of fused-ring (bicyclic) bond motifs is 1. The summed E-state index contributed by atoms with van der Waals surface area (Å²) in [5.74, 6) is 0.491. The monoisotopic (exact) mass is 336 g/mol. The van der Waals surface area contributed by atoms with Crippen LogP contribution in [0.5, 0.6) is 0 Å². The van der Waals surface area contributed by atoms with E-state index in [1.807, 2.05) is 23.6 Å². The number of hydrogen-bond donors (Lipinski definition) is 0. The fraction of sp³-hybridized carbons (Fsp3) is 0.211. The van der Waals surface area contributed by atoms with Crippen LogP contribution in [0.2, 0.25) is 0 Å². The fourth-order valence-electron chi connectivity index (χ4n) is 3.17. The highest BCUT2D eigenvalue weighted by atomic mass is 19.1. The highest BCUT2D eigenvalue weighted by Gasteiger charge is 2.25. The van der Waals surface area contributed by atoms with E-state index >= 15 is 0 Å². The molecule has 4 rings (SSSR count). The molecule has 0 aliphatic carbocycles. The number of aryl methyl sites for hydroxylation is 1. The number of pyridine rings is 1. The Bertz CT molecular complexity index is 950. The molecule has 1 aliphatic heterocycles. The van der Waals surface area contributed by atoms with Gasteiger partial charge in [0.15, 0.2) is 0 Å². The lowest BCUT2D eigenvalue weighted by atomic mass is 10.1. The standard InChI is InChI=1S/C19H17FN4O/c1-13-7-15(10-21-9-13)19(25)23-5-6-24-17(11-22-18(24)12-23)14-3-2-4-16(20)8-14/h2-4,7-11H,5-6,12H2,1H3. The lowest BCUT2D eigenvalue weighted by molar-refractivity contribution is 0.0707. The van der Waals surface area contributed by atoms with E-state index in [0.29, 0.717) is 25.2 Å². The van der Waals surface area contributed by atoms with Crippen molar-refractivity contribution in [3.05, 3.63) is 71.7 Å². The third kappa shape index (κ3) is 2.91. The Balaban J connectivity index is 1.60. The molecule has 25 heavy (non-hydrogen) atoms. The number of carbonyl (C=O) groups excluding carboxylic acids is 1. The number of halogens is 1. The van der Waals surface area contributed by atoms with Crippen LogP contribution in [0.15, 0.2) is 48.9 Å². The first kappa shape index (κ1) is 15.5. The molecular formula is C19H17FN4O. The van der Waals surface area contributed by atoms with Gasteiger partial charge in [0.05, 0.1) is 24.0 Å². The van der Waals surface area contributed by atoms with Crippen molar-refractivity contribution in [2.75, 3.05) is 6.54 Å². The van der Waals surface area contributed by atoms with Crippen LogP contribution in [0.3, 0.4) is 0 Å². The van der Waals surface area contributed by atoms with Crippen LogP contribution in [0.1, 0.15) is 21.7 Å². The maximum absolute atomic E-state index is 13.5. The van der Waals surface area contributed by atoms with Crippen molar-refractivity contribution in [1.82, 2.24) is 19.4 Å². The SMILES string of the molecule is Cc1cncc(C(=O)N2CCn3c(-c4cccc(F)c4)cnc3C2)c1. The van der Waals surface area contributed by atoms with Crippen LogP contribution in [0, 0.1) is 12.7 Å². The van der Waals surface area contributed by atoms with Gasteiger partial charge in [0.1, 0.15) is 11.6 Å². The van der Waals surface area contributed by atoms with Crippen molar-refractivity contribution in [1.29, 1.82) is 0 Å². The first-order valence-corrected chi connectivity index (χ1v) is 8.13. The third-order valence-electron chi connectivity index (χ3n) is 4.39. The van der Waals surface area contributed by atoms with Crippen molar-refractivity contribution in [2.24, 2.45) is 0 Å². The first-order valence-electron chi connectivity index (χ1n) is 8.13. The van der Waals surface area contributed by atoms with E-state index in [4.69, 9.17) is 0 Å². The minimum absolute atomic E-state index is 0.0437. The molecule has 0 saturated carbocycles. The number of imidazole rings is 1. The van der Waals surface area contributed by atoms with Gasteiger partial charge < -0.3 is 9.47 Å². The molecule has 6 heteroatoms. The van der Waals surface area contributed by atoms with Gasteiger partial charge in [0.2, 0.25) is 0 Å². The van der Waals surface area contributed by atoms with Crippen molar-refractivity contribution in [2.45, 2.75) is 20.0 Å². The average molecular weight is 336 g/mol. The molecule has 1 amide bonds. The van der Waals surface area contributed by atoms with Gasteiger partial charge in [-0.25, -0.2) is 9.37 Å². The minimum atomic E-state index is -0.271. The molecule has 0 N–H and O–H groups in total. The maximum atomic E-state index is 13.5. The molecule has 3 aromatic rings. The summed E-state index contributed by atoms with van der Waals surface area (Å²) in [6.45, 7) is 3.56.